The summed E-state index contributed by atoms with van der Waals surface area (Å²) in [6.07, 6.45) is 0. The smallest absolute Gasteiger partial charge is 0.213 e. The molecule has 1 heterocycles. The quantitative estimate of drug-likeness (QED) is 0.795. The number of ether oxygens (including phenoxy) is 1. The first-order valence-electron chi connectivity index (χ1n) is 4.86. The van der Waals surface area contributed by atoms with Gasteiger partial charge < -0.3 is 4.74 Å². The van der Waals surface area contributed by atoms with Gasteiger partial charge in [0.05, 0.1) is 12.1 Å². The first-order chi connectivity index (χ1) is 7.31. The number of aryl methyl sites for hydroxylation is 1. The maximum Gasteiger partial charge on any atom is 0.213 e. The third-order valence-electron chi connectivity index (χ3n) is 2.25. The summed E-state index contributed by atoms with van der Waals surface area (Å²) in [7, 11) is 0. The van der Waals surface area contributed by atoms with E-state index in [2.05, 4.69) is 40.0 Å². The molecule has 0 N–H and O–H groups in total. The molecule has 0 aliphatic rings. The van der Waals surface area contributed by atoms with Gasteiger partial charge in [0.25, 0.3) is 0 Å². The molecule has 0 bridgehead atoms. The van der Waals surface area contributed by atoms with Crippen LogP contribution in [0.1, 0.15) is 5.56 Å². The Morgan fingerprint density at radius 1 is 1.27 bits per heavy atom. The number of rotatable bonds is 3. The van der Waals surface area contributed by atoms with Crippen LogP contribution in [0.5, 0.6) is 5.88 Å². The molecule has 0 radical (unpaired) electrons. The molecule has 3 heteroatoms. The second-order valence-corrected chi connectivity index (χ2v) is 4.12. The van der Waals surface area contributed by atoms with Crippen molar-refractivity contribution in [1.29, 1.82) is 0 Å². The van der Waals surface area contributed by atoms with Gasteiger partial charge in [-0.1, -0.05) is 28.1 Å². The molecule has 2 nitrogen and oxygen atoms in total. The molecule has 0 unspecified atom stereocenters. The maximum atomic E-state index is 5.45. The molecule has 78 valence electrons. The first-order valence-corrected chi connectivity index (χ1v) is 5.98. The predicted octanol–water partition coefficient (Wildman–Crippen LogP) is 3.32. The molecule has 0 atom stereocenters. The van der Waals surface area contributed by atoms with Crippen molar-refractivity contribution in [3.05, 3.63) is 35.9 Å². The fourth-order valence-electron chi connectivity index (χ4n) is 1.51. The SMILES string of the molecule is Cc1cccc2nc(OCCBr)ccc12. The van der Waals surface area contributed by atoms with E-state index < -0.39 is 0 Å². The minimum Gasteiger partial charge on any atom is -0.477 e. The third kappa shape index (κ3) is 2.29. The van der Waals surface area contributed by atoms with Crippen molar-refractivity contribution in [2.75, 3.05) is 11.9 Å². The van der Waals surface area contributed by atoms with Crippen molar-refractivity contribution in [2.24, 2.45) is 0 Å². The summed E-state index contributed by atoms with van der Waals surface area (Å²) in [6, 6.07) is 10.1. The summed E-state index contributed by atoms with van der Waals surface area (Å²) in [5.41, 5.74) is 2.23. The standard InChI is InChI=1S/C12H12BrNO/c1-9-3-2-4-11-10(9)5-6-12(14-11)15-8-7-13/h2-6H,7-8H2,1H3. The van der Waals surface area contributed by atoms with Crippen LogP contribution in [0.4, 0.5) is 0 Å². The van der Waals surface area contributed by atoms with E-state index in [0.717, 1.165) is 10.8 Å². The highest BCUT2D eigenvalue weighted by molar-refractivity contribution is 9.09. The van der Waals surface area contributed by atoms with E-state index in [4.69, 9.17) is 4.74 Å². The molecule has 15 heavy (non-hydrogen) atoms. The Balaban J connectivity index is 2.39. The van der Waals surface area contributed by atoms with E-state index in [0.29, 0.717) is 12.5 Å². The average Bonchev–Trinajstić information content (AvgIpc) is 2.26. The van der Waals surface area contributed by atoms with Gasteiger partial charge in [-0.25, -0.2) is 4.98 Å². The van der Waals surface area contributed by atoms with Crippen molar-refractivity contribution >= 4 is 26.8 Å². The monoisotopic (exact) mass is 265 g/mol. The van der Waals surface area contributed by atoms with Crippen LogP contribution < -0.4 is 4.74 Å². The Kier molecular flexibility index (Phi) is 3.21. The van der Waals surface area contributed by atoms with Crippen LogP contribution in [-0.4, -0.2) is 16.9 Å². The summed E-state index contributed by atoms with van der Waals surface area (Å²) in [5, 5.41) is 2.00. The highest BCUT2D eigenvalue weighted by atomic mass is 79.9. The van der Waals surface area contributed by atoms with E-state index >= 15 is 0 Å². The van der Waals surface area contributed by atoms with Crippen LogP contribution in [0.2, 0.25) is 0 Å². The lowest BCUT2D eigenvalue weighted by atomic mass is 10.1. The van der Waals surface area contributed by atoms with Crippen molar-refractivity contribution in [2.45, 2.75) is 6.92 Å². The van der Waals surface area contributed by atoms with Crippen LogP contribution in [0.15, 0.2) is 30.3 Å². The van der Waals surface area contributed by atoms with E-state index in [-0.39, 0.29) is 0 Å². The molecule has 1 aromatic heterocycles. The van der Waals surface area contributed by atoms with Gasteiger partial charge in [0.15, 0.2) is 0 Å². The molecule has 2 rings (SSSR count). The zero-order valence-electron chi connectivity index (χ0n) is 8.53. The summed E-state index contributed by atoms with van der Waals surface area (Å²) in [5.74, 6) is 0.688. The van der Waals surface area contributed by atoms with E-state index in [1.807, 2.05) is 18.2 Å². The molecule has 0 saturated carbocycles. The van der Waals surface area contributed by atoms with Crippen molar-refractivity contribution in [1.82, 2.24) is 4.98 Å². The van der Waals surface area contributed by atoms with E-state index in [1.165, 1.54) is 10.9 Å². The number of hydrogen-bond acceptors (Lipinski definition) is 2. The molecule has 1 aromatic carbocycles. The Hall–Kier alpha value is -1.09. The Labute approximate surface area is 97.4 Å². The lowest BCUT2D eigenvalue weighted by Gasteiger charge is -2.05. The van der Waals surface area contributed by atoms with Crippen LogP contribution in [0.25, 0.3) is 10.9 Å². The Morgan fingerprint density at radius 3 is 2.93 bits per heavy atom. The number of aromatic nitrogens is 1. The van der Waals surface area contributed by atoms with Crippen molar-refractivity contribution in [3.63, 3.8) is 0 Å². The molecular weight excluding hydrogens is 254 g/mol. The van der Waals surface area contributed by atoms with Gasteiger partial charge in [-0.05, 0) is 24.6 Å². The first kappa shape index (κ1) is 10.4. The molecule has 0 aliphatic heterocycles. The van der Waals surface area contributed by atoms with Gasteiger partial charge in [-0.2, -0.15) is 0 Å². The van der Waals surface area contributed by atoms with Crippen LogP contribution >= 0.6 is 15.9 Å². The molecule has 0 amide bonds. The van der Waals surface area contributed by atoms with Crippen LogP contribution in [-0.2, 0) is 0 Å². The maximum absolute atomic E-state index is 5.45. The second-order valence-electron chi connectivity index (χ2n) is 3.33. The molecule has 0 spiro atoms. The van der Waals surface area contributed by atoms with Gasteiger partial charge in [-0.3, -0.25) is 0 Å². The highest BCUT2D eigenvalue weighted by Crippen LogP contribution is 2.19. The van der Waals surface area contributed by atoms with Gasteiger partial charge >= 0.3 is 0 Å². The normalized spacial score (nSPS) is 10.5. The number of alkyl halides is 1. The fourth-order valence-corrected chi connectivity index (χ4v) is 1.68. The minimum absolute atomic E-state index is 0.643. The number of benzene rings is 1. The summed E-state index contributed by atoms with van der Waals surface area (Å²) in [6.45, 7) is 2.73. The second kappa shape index (κ2) is 4.62. The lowest BCUT2D eigenvalue weighted by molar-refractivity contribution is 0.333. The Bertz CT molecular complexity index is 470. The lowest BCUT2D eigenvalue weighted by Crippen LogP contribution is -1.99. The molecular formula is C12H12BrNO. The van der Waals surface area contributed by atoms with Gasteiger partial charge in [0.2, 0.25) is 5.88 Å². The van der Waals surface area contributed by atoms with Gasteiger partial charge in [0, 0.05) is 16.8 Å². The zero-order chi connectivity index (χ0) is 10.7. The summed E-state index contributed by atoms with van der Waals surface area (Å²) >= 11 is 3.32. The van der Waals surface area contributed by atoms with Crippen LogP contribution in [0.3, 0.4) is 0 Å². The van der Waals surface area contributed by atoms with Gasteiger partial charge in [-0.15, -0.1) is 0 Å². The number of nitrogens with zero attached hydrogens (tertiary/aromatic N) is 1. The van der Waals surface area contributed by atoms with E-state index in [9.17, 15) is 0 Å². The fraction of sp³-hybridized carbons (Fsp3) is 0.250. The zero-order valence-corrected chi connectivity index (χ0v) is 10.1. The summed E-state index contributed by atoms with van der Waals surface area (Å²) in [4.78, 5) is 4.43. The summed E-state index contributed by atoms with van der Waals surface area (Å²) < 4.78 is 5.45. The molecule has 2 aromatic rings. The number of fused-ring (bicyclic) bond motifs is 1. The third-order valence-corrected chi connectivity index (χ3v) is 2.58. The van der Waals surface area contributed by atoms with Crippen LogP contribution in [0, 0.1) is 6.92 Å². The number of pyridine rings is 1. The van der Waals surface area contributed by atoms with Crippen molar-refractivity contribution in [3.8, 4) is 5.88 Å². The molecule has 0 saturated heterocycles. The number of hydrogen-bond donors (Lipinski definition) is 0. The van der Waals surface area contributed by atoms with Gasteiger partial charge in [0.1, 0.15) is 0 Å². The predicted molar refractivity (Wildman–Crippen MR) is 65.8 cm³/mol. The van der Waals surface area contributed by atoms with E-state index in [1.54, 1.807) is 0 Å². The average molecular weight is 266 g/mol. The molecule has 0 aliphatic carbocycles. The van der Waals surface area contributed by atoms with Crippen molar-refractivity contribution < 1.29 is 4.74 Å². The largest absolute Gasteiger partial charge is 0.477 e. The topological polar surface area (TPSA) is 22.1 Å². The molecule has 0 fully saturated rings. The minimum atomic E-state index is 0.643. The Morgan fingerprint density at radius 2 is 2.13 bits per heavy atom. The highest BCUT2D eigenvalue weighted by Gasteiger charge is 2.00. The number of halogens is 1.